The Morgan fingerprint density at radius 3 is 2.18 bits per heavy atom. The zero-order valence-electron chi connectivity index (χ0n) is 8.61. The van der Waals surface area contributed by atoms with Crippen molar-refractivity contribution in [3.8, 4) is 0 Å². The summed E-state index contributed by atoms with van der Waals surface area (Å²) in [6, 6.07) is 0. The number of allylic oxidation sites excluding steroid dienone is 1. The molecule has 2 bridgehead atoms. The van der Waals surface area contributed by atoms with E-state index in [9.17, 15) is 26.3 Å². The quantitative estimate of drug-likeness (QED) is 0.545. The molecule has 2 aliphatic carbocycles. The smallest absolute Gasteiger partial charge is 0.368 e. The Morgan fingerprint density at radius 2 is 1.76 bits per heavy atom. The number of fused-ring (bicyclic) bond motifs is 2. The first-order chi connectivity index (χ1) is 7.67. The van der Waals surface area contributed by atoms with E-state index in [0.29, 0.717) is 0 Å². The van der Waals surface area contributed by atoms with Gasteiger partial charge in [0, 0.05) is 11.5 Å². The predicted octanol–water partition coefficient (Wildman–Crippen LogP) is 3.46. The van der Waals surface area contributed by atoms with Crippen LogP contribution in [0.1, 0.15) is 12.8 Å². The zero-order chi connectivity index (χ0) is 12.8. The predicted molar refractivity (Wildman–Crippen MR) is 46.1 cm³/mol. The molecule has 2 rings (SSSR count). The minimum Gasteiger partial charge on any atom is -0.368 e. The van der Waals surface area contributed by atoms with E-state index >= 15 is 0 Å². The number of hydrogen-bond acceptors (Lipinski definition) is 1. The standard InChI is InChI=1S/C10H10F6O/c11-9(12,13)4-17-8-3-5-1-6(8)2-7(5)10(14,15)16/h2,5-6,8H,1,3-4H2/t5-,6-,8+/m0/s1. The molecule has 1 fully saturated rings. The van der Waals surface area contributed by atoms with Crippen molar-refractivity contribution in [3.05, 3.63) is 11.6 Å². The third kappa shape index (κ3) is 2.75. The van der Waals surface area contributed by atoms with Crippen LogP contribution in [0.5, 0.6) is 0 Å². The number of hydrogen-bond donors (Lipinski definition) is 0. The maximum absolute atomic E-state index is 12.4. The summed E-state index contributed by atoms with van der Waals surface area (Å²) in [7, 11) is 0. The molecule has 0 aliphatic heterocycles. The molecule has 0 amide bonds. The number of rotatable bonds is 2. The van der Waals surface area contributed by atoms with Crippen molar-refractivity contribution in [1.29, 1.82) is 0 Å². The van der Waals surface area contributed by atoms with Crippen LogP contribution in [-0.4, -0.2) is 25.1 Å². The molecule has 0 heterocycles. The van der Waals surface area contributed by atoms with E-state index in [-0.39, 0.29) is 12.8 Å². The lowest BCUT2D eigenvalue weighted by Crippen LogP contribution is -2.28. The molecular formula is C10H10F6O. The maximum Gasteiger partial charge on any atom is 0.412 e. The topological polar surface area (TPSA) is 9.23 Å². The Hall–Kier alpha value is -0.720. The van der Waals surface area contributed by atoms with Crippen molar-refractivity contribution >= 4 is 0 Å². The average molecular weight is 260 g/mol. The fraction of sp³-hybridized carbons (Fsp3) is 0.800. The van der Waals surface area contributed by atoms with Gasteiger partial charge in [-0.3, -0.25) is 0 Å². The SMILES string of the molecule is FC(F)(F)CO[C@@H]1C[C@@H]2C[C@H]1C=C2C(F)(F)F. The largest absolute Gasteiger partial charge is 0.412 e. The van der Waals surface area contributed by atoms with Gasteiger partial charge in [0.05, 0.1) is 6.10 Å². The van der Waals surface area contributed by atoms with Gasteiger partial charge in [-0.2, -0.15) is 26.3 Å². The summed E-state index contributed by atoms with van der Waals surface area (Å²) in [5.74, 6) is -1.22. The van der Waals surface area contributed by atoms with Gasteiger partial charge in [0.15, 0.2) is 0 Å². The van der Waals surface area contributed by atoms with E-state index in [1.165, 1.54) is 0 Å². The van der Waals surface area contributed by atoms with Crippen LogP contribution in [0.3, 0.4) is 0 Å². The second-order valence-corrected chi connectivity index (χ2v) is 4.42. The molecule has 98 valence electrons. The van der Waals surface area contributed by atoms with Gasteiger partial charge in [-0.05, 0) is 18.8 Å². The summed E-state index contributed by atoms with van der Waals surface area (Å²) < 4.78 is 77.6. The molecule has 1 nitrogen and oxygen atoms in total. The third-order valence-electron chi connectivity index (χ3n) is 3.17. The van der Waals surface area contributed by atoms with Crippen LogP contribution >= 0.6 is 0 Å². The second kappa shape index (κ2) is 3.90. The Morgan fingerprint density at radius 1 is 1.12 bits per heavy atom. The lowest BCUT2D eigenvalue weighted by Gasteiger charge is -2.23. The van der Waals surface area contributed by atoms with Crippen molar-refractivity contribution in [1.82, 2.24) is 0 Å². The lowest BCUT2D eigenvalue weighted by molar-refractivity contribution is -0.188. The van der Waals surface area contributed by atoms with E-state index in [0.717, 1.165) is 6.08 Å². The first kappa shape index (κ1) is 12.7. The van der Waals surface area contributed by atoms with Crippen LogP contribution in [0.2, 0.25) is 0 Å². The van der Waals surface area contributed by atoms with Crippen molar-refractivity contribution in [2.75, 3.05) is 6.61 Å². The molecule has 7 heteroatoms. The molecule has 0 radical (unpaired) electrons. The van der Waals surface area contributed by atoms with Gasteiger partial charge in [-0.15, -0.1) is 0 Å². The molecule has 0 aromatic carbocycles. The van der Waals surface area contributed by atoms with E-state index in [2.05, 4.69) is 4.74 Å². The van der Waals surface area contributed by atoms with Crippen LogP contribution < -0.4 is 0 Å². The molecule has 17 heavy (non-hydrogen) atoms. The molecule has 0 spiro atoms. The number of halogens is 6. The maximum atomic E-state index is 12.4. The molecule has 0 saturated heterocycles. The summed E-state index contributed by atoms with van der Waals surface area (Å²) in [6.45, 7) is -1.39. The van der Waals surface area contributed by atoms with Crippen LogP contribution in [0.25, 0.3) is 0 Å². The summed E-state index contributed by atoms with van der Waals surface area (Å²) in [4.78, 5) is 0. The Labute approximate surface area is 93.4 Å². The third-order valence-corrected chi connectivity index (χ3v) is 3.17. The molecule has 0 unspecified atom stereocenters. The van der Waals surface area contributed by atoms with E-state index in [1.54, 1.807) is 0 Å². The molecule has 0 N–H and O–H groups in total. The van der Waals surface area contributed by atoms with Gasteiger partial charge in [0.2, 0.25) is 0 Å². The lowest BCUT2D eigenvalue weighted by atomic mass is 9.96. The van der Waals surface area contributed by atoms with E-state index in [4.69, 9.17) is 0 Å². The number of ether oxygens (including phenoxy) is 1. The summed E-state index contributed by atoms with van der Waals surface area (Å²) >= 11 is 0. The van der Waals surface area contributed by atoms with Gasteiger partial charge < -0.3 is 4.74 Å². The van der Waals surface area contributed by atoms with E-state index in [1.807, 2.05) is 0 Å². The number of alkyl halides is 6. The van der Waals surface area contributed by atoms with Crippen molar-refractivity contribution in [2.24, 2.45) is 11.8 Å². The Kier molecular flexibility index (Phi) is 2.92. The van der Waals surface area contributed by atoms with Crippen LogP contribution in [0.4, 0.5) is 26.3 Å². The zero-order valence-corrected chi connectivity index (χ0v) is 8.61. The fourth-order valence-electron chi connectivity index (χ4n) is 2.55. The first-order valence-corrected chi connectivity index (χ1v) is 5.14. The fourth-order valence-corrected chi connectivity index (χ4v) is 2.55. The molecule has 1 saturated carbocycles. The minimum atomic E-state index is -4.43. The van der Waals surface area contributed by atoms with Gasteiger partial charge in [0.25, 0.3) is 0 Å². The summed E-state index contributed by atoms with van der Waals surface area (Å²) in [5.41, 5.74) is -0.602. The normalized spacial score (nSPS) is 33.1. The van der Waals surface area contributed by atoms with Gasteiger partial charge >= 0.3 is 12.4 Å². The van der Waals surface area contributed by atoms with Crippen LogP contribution in [0, 0.1) is 11.8 Å². The second-order valence-electron chi connectivity index (χ2n) is 4.42. The molecule has 0 aromatic rings. The van der Waals surface area contributed by atoms with Gasteiger partial charge in [-0.1, -0.05) is 6.08 Å². The van der Waals surface area contributed by atoms with Crippen LogP contribution in [0.15, 0.2) is 11.6 Å². The Balaban J connectivity index is 1.95. The van der Waals surface area contributed by atoms with Crippen molar-refractivity contribution in [3.63, 3.8) is 0 Å². The Bertz CT molecular complexity index is 329. The average Bonchev–Trinajstić information content (AvgIpc) is 2.70. The highest BCUT2D eigenvalue weighted by molar-refractivity contribution is 5.25. The van der Waals surface area contributed by atoms with Crippen molar-refractivity contribution < 1.29 is 31.1 Å². The highest BCUT2D eigenvalue weighted by Crippen LogP contribution is 2.50. The van der Waals surface area contributed by atoms with Crippen molar-refractivity contribution in [2.45, 2.75) is 31.3 Å². The molecule has 3 atom stereocenters. The highest BCUT2D eigenvalue weighted by atomic mass is 19.4. The first-order valence-electron chi connectivity index (χ1n) is 5.14. The molecular weight excluding hydrogens is 250 g/mol. The summed E-state index contributed by atoms with van der Waals surface area (Å²) in [6.07, 6.45) is -8.22. The van der Waals surface area contributed by atoms with Gasteiger partial charge in [0.1, 0.15) is 6.61 Å². The van der Waals surface area contributed by atoms with Gasteiger partial charge in [-0.25, -0.2) is 0 Å². The van der Waals surface area contributed by atoms with E-state index < -0.39 is 42.5 Å². The highest BCUT2D eigenvalue weighted by Gasteiger charge is 2.50. The monoisotopic (exact) mass is 260 g/mol. The molecule has 2 aliphatic rings. The van der Waals surface area contributed by atoms with Crippen LogP contribution in [-0.2, 0) is 4.74 Å². The molecule has 0 aromatic heterocycles. The summed E-state index contributed by atoms with van der Waals surface area (Å²) in [5, 5.41) is 0. The minimum absolute atomic E-state index is 0.0338.